The van der Waals surface area contributed by atoms with Crippen LogP contribution in [0.1, 0.15) is 24.2 Å². The molecular formula is C18H20FNO3S. The van der Waals surface area contributed by atoms with Crippen molar-refractivity contribution in [1.29, 1.82) is 0 Å². The van der Waals surface area contributed by atoms with E-state index in [4.69, 9.17) is 9.47 Å². The molecule has 0 heterocycles. The molecule has 0 spiro atoms. The van der Waals surface area contributed by atoms with Gasteiger partial charge in [-0.05, 0) is 44.4 Å². The topological polar surface area (TPSA) is 47.6 Å². The number of carbonyl (C=O) groups is 1. The van der Waals surface area contributed by atoms with E-state index in [2.05, 4.69) is 5.32 Å². The summed E-state index contributed by atoms with van der Waals surface area (Å²) >= 11 is 1.32. The van der Waals surface area contributed by atoms with Gasteiger partial charge in [-0.25, -0.2) is 4.39 Å². The monoisotopic (exact) mass is 349 g/mol. The number of nitrogens with one attached hydrogen (secondary N) is 1. The largest absolute Gasteiger partial charge is 0.493 e. The van der Waals surface area contributed by atoms with E-state index in [1.165, 1.54) is 17.8 Å². The van der Waals surface area contributed by atoms with E-state index in [1.807, 2.05) is 13.8 Å². The van der Waals surface area contributed by atoms with Gasteiger partial charge in [0.05, 0.1) is 18.8 Å². The zero-order valence-corrected chi connectivity index (χ0v) is 14.9. The van der Waals surface area contributed by atoms with Crippen LogP contribution in [0.5, 0.6) is 11.5 Å². The zero-order valence-electron chi connectivity index (χ0n) is 14.1. The first-order chi connectivity index (χ1) is 11.5. The fraction of sp³-hybridized carbons (Fsp3) is 0.278. The first-order valence-corrected chi connectivity index (χ1v) is 8.67. The van der Waals surface area contributed by atoms with Crippen molar-refractivity contribution >= 4 is 23.4 Å². The van der Waals surface area contributed by atoms with Gasteiger partial charge in [0.1, 0.15) is 5.82 Å². The number of halogens is 1. The van der Waals surface area contributed by atoms with Crippen LogP contribution in [0.25, 0.3) is 0 Å². The van der Waals surface area contributed by atoms with E-state index in [0.29, 0.717) is 22.1 Å². The highest BCUT2D eigenvalue weighted by Crippen LogP contribution is 2.32. The fourth-order valence-corrected chi connectivity index (χ4v) is 2.80. The van der Waals surface area contributed by atoms with Crippen molar-refractivity contribution < 1.29 is 18.7 Å². The lowest BCUT2D eigenvalue weighted by atomic mass is 10.2. The predicted octanol–water partition coefficient (Wildman–Crippen LogP) is 4.60. The Morgan fingerprint density at radius 1 is 1.21 bits per heavy atom. The van der Waals surface area contributed by atoms with Crippen molar-refractivity contribution in [3.05, 3.63) is 47.8 Å². The summed E-state index contributed by atoms with van der Waals surface area (Å²) in [5.74, 6) is 0.0333. The number of rotatable bonds is 6. The maximum absolute atomic E-state index is 14.0. The quantitative estimate of drug-likeness (QED) is 0.775. The van der Waals surface area contributed by atoms with Crippen LogP contribution in [0.4, 0.5) is 10.1 Å². The number of amides is 1. The lowest BCUT2D eigenvalue weighted by Crippen LogP contribution is -2.15. The van der Waals surface area contributed by atoms with Gasteiger partial charge in [0.25, 0.3) is 5.91 Å². The summed E-state index contributed by atoms with van der Waals surface area (Å²) in [6, 6.07) is 9.61. The van der Waals surface area contributed by atoms with Gasteiger partial charge in [0.15, 0.2) is 11.5 Å². The number of ether oxygens (including phenoxy) is 2. The number of thioether (sulfide) groups is 1. The Morgan fingerprint density at radius 2 is 1.96 bits per heavy atom. The maximum atomic E-state index is 14.0. The Balaban J connectivity index is 2.30. The summed E-state index contributed by atoms with van der Waals surface area (Å²) in [5.41, 5.74) is 0.541. The summed E-state index contributed by atoms with van der Waals surface area (Å²) in [6.45, 7) is 3.80. The molecule has 0 bridgehead atoms. The van der Waals surface area contributed by atoms with Crippen molar-refractivity contribution in [3.8, 4) is 11.5 Å². The Labute approximate surface area is 145 Å². The highest BCUT2D eigenvalue weighted by Gasteiger charge is 2.17. The van der Waals surface area contributed by atoms with Crippen molar-refractivity contribution in [1.82, 2.24) is 0 Å². The number of carbonyl (C=O) groups excluding carboxylic acids is 1. The minimum absolute atomic E-state index is 0.0344. The molecule has 0 unspecified atom stereocenters. The molecule has 2 aromatic carbocycles. The molecule has 2 rings (SSSR count). The van der Waals surface area contributed by atoms with Crippen molar-refractivity contribution in [2.24, 2.45) is 0 Å². The molecule has 4 nitrogen and oxygen atoms in total. The second-order valence-corrected chi connectivity index (χ2v) is 6.15. The van der Waals surface area contributed by atoms with Crippen LogP contribution in [-0.4, -0.2) is 25.4 Å². The molecule has 0 fully saturated rings. The first-order valence-electron chi connectivity index (χ1n) is 7.44. The zero-order chi connectivity index (χ0) is 17.7. The summed E-state index contributed by atoms with van der Waals surface area (Å²) in [5, 5.41) is 2.71. The number of methoxy groups -OCH3 is 1. The number of anilines is 1. The van der Waals surface area contributed by atoms with Gasteiger partial charge < -0.3 is 14.8 Å². The molecule has 0 aromatic heterocycles. The Morgan fingerprint density at radius 3 is 2.58 bits per heavy atom. The van der Waals surface area contributed by atoms with E-state index >= 15 is 0 Å². The van der Waals surface area contributed by atoms with Gasteiger partial charge in [-0.2, -0.15) is 0 Å². The van der Waals surface area contributed by atoms with Crippen LogP contribution >= 0.6 is 11.8 Å². The molecule has 0 aliphatic heterocycles. The minimum Gasteiger partial charge on any atom is -0.493 e. The normalized spacial score (nSPS) is 10.6. The summed E-state index contributed by atoms with van der Waals surface area (Å²) in [7, 11) is 1.55. The van der Waals surface area contributed by atoms with Gasteiger partial charge in [-0.15, -0.1) is 11.8 Å². The smallest absolute Gasteiger partial charge is 0.259 e. The third kappa shape index (κ3) is 4.20. The average molecular weight is 349 g/mol. The molecule has 6 heteroatoms. The molecule has 0 radical (unpaired) electrons. The molecule has 0 aliphatic carbocycles. The van der Waals surface area contributed by atoms with Crippen molar-refractivity contribution in [2.45, 2.75) is 24.8 Å². The Hall–Kier alpha value is -2.21. The van der Waals surface area contributed by atoms with Gasteiger partial charge in [0, 0.05) is 16.6 Å². The standard InChI is InChI=1S/C18H20FNO3S/c1-11(2)23-15-10-12(8-9-14(15)22-3)20-18(21)17-13(19)6-5-7-16(17)24-4/h5-11H,1-4H3,(H,20,21). The summed E-state index contributed by atoms with van der Waals surface area (Å²) in [6.07, 6.45) is 1.76. The molecule has 0 aliphatic rings. The molecule has 2 aromatic rings. The maximum Gasteiger partial charge on any atom is 0.259 e. The summed E-state index contributed by atoms with van der Waals surface area (Å²) < 4.78 is 25.0. The van der Waals surface area contributed by atoms with Crippen LogP contribution in [0.3, 0.4) is 0 Å². The SMILES string of the molecule is COc1ccc(NC(=O)c2c(F)cccc2SC)cc1OC(C)C. The van der Waals surface area contributed by atoms with Crippen molar-refractivity contribution in [3.63, 3.8) is 0 Å². The summed E-state index contributed by atoms with van der Waals surface area (Å²) in [4.78, 5) is 13.0. The van der Waals surface area contributed by atoms with Crippen LogP contribution < -0.4 is 14.8 Å². The Kier molecular flexibility index (Phi) is 6.09. The number of benzene rings is 2. The van der Waals surface area contributed by atoms with Crippen molar-refractivity contribution in [2.75, 3.05) is 18.7 Å². The average Bonchev–Trinajstić information content (AvgIpc) is 2.54. The second-order valence-electron chi connectivity index (χ2n) is 5.30. The van der Waals surface area contributed by atoms with E-state index in [0.717, 1.165) is 0 Å². The van der Waals surface area contributed by atoms with Gasteiger partial charge in [-0.3, -0.25) is 4.79 Å². The first kappa shape index (κ1) is 18.1. The van der Waals surface area contributed by atoms with Crippen LogP contribution in [0.15, 0.2) is 41.3 Å². The Bertz CT molecular complexity index is 734. The number of hydrogen-bond donors (Lipinski definition) is 1. The van der Waals surface area contributed by atoms with Gasteiger partial charge in [0.2, 0.25) is 0 Å². The highest BCUT2D eigenvalue weighted by molar-refractivity contribution is 7.98. The molecule has 0 saturated heterocycles. The third-order valence-corrected chi connectivity index (χ3v) is 3.99. The van der Waals surface area contributed by atoms with Crippen LogP contribution in [0, 0.1) is 5.82 Å². The van der Waals surface area contributed by atoms with E-state index in [1.54, 1.807) is 43.7 Å². The molecule has 24 heavy (non-hydrogen) atoms. The number of hydrogen-bond acceptors (Lipinski definition) is 4. The lowest BCUT2D eigenvalue weighted by Gasteiger charge is -2.15. The molecular weight excluding hydrogens is 329 g/mol. The van der Waals surface area contributed by atoms with E-state index < -0.39 is 11.7 Å². The molecule has 0 saturated carbocycles. The molecule has 1 N–H and O–H groups in total. The van der Waals surface area contributed by atoms with E-state index in [9.17, 15) is 9.18 Å². The molecule has 1 amide bonds. The predicted molar refractivity (Wildman–Crippen MR) is 94.9 cm³/mol. The minimum atomic E-state index is -0.550. The second kappa shape index (κ2) is 8.06. The molecule has 0 atom stereocenters. The lowest BCUT2D eigenvalue weighted by molar-refractivity contribution is 0.102. The third-order valence-electron chi connectivity index (χ3n) is 3.21. The van der Waals surface area contributed by atoms with Crippen LogP contribution in [0.2, 0.25) is 0 Å². The fourth-order valence-electron chi connectivity index (χ4n) is 2.19. The highest BCUT2D eigenvalue weighted by atomic mass is 32.2. The van der Waals surface area contributed by atoms with E-state index in [-0.39, 0.29) is 11.7 Å². The van der Waals surface area contributed by atoms with Crippen LogP contribution in [-0.2, 0) is 0 Å². The van der Waals surface area contributed by atoms with Gasteiger partial charge in [-0.1, -0.05) is 6.07 Å². The molecule has 128 valence electrons. The van der Waals surface area contributed by atoms with Gasteiger partial charge >= 0.3 is 0 Å².